The number of carbonyl (C=O) groups is 1. The SMILES string of the molecule is C[C@@H]1NCC[C@@H]1C(=O)N(C)C. The third-order valence-electron chi connectivity index (χ3n) is 2.28. The molecule has 0 aromatic rings. The highest BCUT2D eigenvalue weighted by molar-refractivity contribution is 5.79. The van der Waals surface area contributed by atoms with Crippen molar-refractivity contribution in [3.05, 3.63) is 0 Å². The Morgan fingerprint density at radius 3 is 2.55 bits per heavy atom. The predicted octanol–water partition coefficient (Wildman–Crippen LogP) is 0.0726. The molecule has 2 atom stereocenters. The molecule has 0 spiro atoms. The number of hydrogen-bond donors (Lipinski definition) is 1. The Bertz CT molecular complexity index is 156. The lowest BCUT2D eigenvalue weighted by Crippen LogP contribution is -2.35. The molecule has 0 aromatic heterocycles. The highest BCUT2D eigenvalue weighted by atomic mass is 16.2. The van der Waals surface area contributed by atoms with Crippen LogP contribution < -0.4 is 5.32 Å². The van der Waals surface area contributed by atoms with E-state index in [1.807, 2.05) is 14.1 Å². The van der Waals surface area contributed by atoms with Crippen molar-refractivity contribution in [3.8, 4) is 0 Å². The molecule has 64 valence electrons. The van der Waals surface area contributed by atoms with E-state index in [-0.39, 0.29) is 11.8 Å². The van der Waals surface area contributed by atoms with Gasteiger partial charge in [0.15, 0.2) is 0 Å². The fourth-order valence-corrected chi connectivity index (χ4v) is 1.53. The second kappa shape index (κ2) is 3.22. The third-order valence-corrected chi connectivity index (χ3v) is 2.28. The topological polar surface area (TPSA) is 32.3 Å². The second-order valence-electron chi connectivity index (χ2n) is 3.37. The van der Waals surface area contributed by atoms with Crippen molar-refractivity contribution in [2.24, 2.45) is 5.92 Å². The first-order valence-corrected chi connectivity index (χ1v) is 4.07. The minimum absolute atomic E-state index is 0.199. The maximum Gasteiger partial charge on any atom is 0.226 e. The van der Waals surface area contributed by atoms with Crippen LogP contribution in [0.3, 0.4) is 0 Å². The van der Waals surface area contributed by atoms with Gasteiger partial charge in [-0.15, -0.1) is 0 Å². The zero-order valence-electron chi connectivity index (χ0n) is 7.42. The number of nitrogens with one attached hydrogen (secondary N) is 1. The molecule has 1 amide bonds. The molecule has 0 aliphatic carbocycles. The van der Waals surface area contributed by atoms with Crippen LogP contribution in [0.1, 0.15) is 13.3 Å². The van der Waals surface area contributed by atoms with Gasteiger partial charge in [0, 0.05) is 20.1 Å². The second-order valence-corrected chi connectivity index (χ2v) is 3.37. The zero-order valence-corrected chi connectivity index (χ0v) is 7.42. The number of hydrogen-bond acceptors (Lipinski definition) is 2. The molecule has 1 aliphatic rings. The number of rotatable bonds is 1. The molecule has 0 radical (unpaired) electrons. The summed E-state index contributed by atoms with van der Waals surface area (Å²) < 4.78 is 0. The fourth-order valence-electron chi connectivity index (χ4n) is 1.53. The van der Waals surface area contributed by atoms with Crippen molar-refractivity contribution in [2.75, 3.05) is 20.6 Å². The van der Waals surface area contributed by atoms with E-state index in [0.29, 0.717) is 6.04 Å². The first kappa shape index (κ1) is 8.53. The van der Waals surface area contributed by atoms with Gasteiger partial charge >= 0.3 is 0 Å². The Hall–Kier alpha value is -0.570. The monoisotopic (exact) mass is 156 g/mol. The summed E-state index contributed by atoms with van der Waals surface area (Å²) >= 11 is 0. The average molecular weight is 156 g/mol. The lowest BCUT2D eigenvalue weighted by molar-refractivity contribution is -0.133. The van der Waals surface area contributed by atoms with Gasteiger partial charge in [-0.1, -0.05) is 0 Å². The molecule has 1 rings (SSSR count). The van der Waals surface area contributed by atoms with Crippen LogP contribution in [-0.4, -0.2) is 37.5 Å². The van der Waals surface area contributed by atoms with Crippen molar-refractivity contribution >= 4 is 5.91 Å². The summed E-state index contributed by atoms with van der Waals surface area (Å²) in [6.45, 7) is 3.05. The fraction of sp³-hybridized carbons (Fsp3) is 0.875. The lowest BCUT2D eigenvalue weighted by Gasteiger charge is -2.18. The molecule has 1 fully saturated rings. The first-order valence-electron chi connectivity index (χ1n) is 4.07. The Labute approximate surface area is 67.8 Å². The normalized spacial score (nSPS) is 30.5. The highest BCUT2D eigenvalue weighted by Crippen LogP contribution is 2.16. The van der Waals surface area contributed by atoms with Crippen molar-refractivity contribution in [2.45, 2.75) is 19.4 Å². The molecule has 1 heterocycles. The molecule has 3 heteroatoms. The van der Waals surface area contributed by atoms with Crippen molar-refractivity contribution in [3.63, 3.8) is 0 Å². The van der Waals surface area contributed by atoms with Crippen LogP contribution in [0.4, 0.5) is 0 Å². The van der Waals surface area contributed by atoms with Gasteiger partial charge in [-0.3, -0.25) is 4.79 Å². The molecular weight excluding hydrogens is 140 g/mol. The van der Waals surface area contributed by atoms with E-state index < -0.39 is 0 Å². The highest BCUT2D eigenvalue weighted by Gasteiger charge is 2.29. The van der Waals surface area contributed by atoms with Gasteiger partial charge in [-0.25, -0.2) is 0 Å². The quantitative estimate of drug-likeness (QED) is 0.583. The Morgan fingerprint density at radius 2 is 2.18 bits per heavy atom. The molecule has 11 heavy (non-hydrogen) atoms. The molecule has 0 saturated carbocycles. The van der Waals surface area contributed by atoms with Crippen LogP contribution in [0.2, 0.25) is 0 Å². The van der Waals surface area contributed by atoms with E-state index in [1.54, 1.807) is 4.90 Å². The summed E-state index contributed by atoms with van der Waals surface area (Å²) in [6, 6.07) is 0.352. The van der Waals surface area contributed by atoms with E-state index in [9.17, 15) is 4.79 Å². The number of amides is 1. The van der Waals surface area contributed by atoms with Gasteiger partial charge in [0.2, 0.25) is 5.91 Å². The molecule has 3 nitrogen and oxygen atoms in total. The summed E-state index contributed by atoms with van der Waals surface area (Å²) in [6.07, 6.45) is 0.984. The Kier molecular flexibility index (Phi) is 2.49. The standard InChI is InChI=1S/C8H16N2O/c1-6-7(4-5-9-6)8(11)10(2)3/h6-7,9H,4-5H2,1-3H3/t6-,7-/m0/s1. The maximum absolute atomic E-state index is 11.4. The van der Waals surface area contributed by atoms with Gasteiger partial charge in [0.25, 0.3) is 0 Å². The summed E-state index contributed by atoms with van der Waals surface area (Å²) in [4.78, 5) is 13.1. The minimum atomic E-state index is 0.199. The molecule has 0 bridgehead atoms. The van der Waals surface area contributed by atoms with Crippen molar-refractivity contribution in [1.82, 2.24) is 10.2 Å². The lowest BCUT2D eigenvalue weighted by atomic mass is 10.0. The molecule has 0 aromatic carbocycles. The first-order chi connectivity index (χ1) is 5.13. The largest absolute Gasteiger partial charge is 0.349 e. The van der Waals surface area contributed by atoms with E-state index in [4.69, 9.17) is 0 Å². The summed E-state index contributed by atoms with van der Waals surface area (Å²) in [5.74, 6) is 0.451. The summed E-state index contributed by atoms with van der Waals surface area (Å²) in [5.41, 5.74) is 0. The van der Waals surface area contributed by atoms with Gasteiger partial charge in [-0.05, 0) is 19.9 Å². The summed E-state index contributed by atoms with van der Waals surface area (Å²) in [7, 11) is 3.63. The third kappa shape index (κ3) is 1.71. The maximum atomic E-state index is 11.4. The Balaban J connectivity index is 2.53. The van der Waals surface area contributed by atoms with Gasteiger partial charge in [0.1, 0.15) is 0 Å². The van der Waals surface area contributed by atoms with Crippen LogP contribution in [0, 0.1) is 5.92 Å². The minimum Gasteiger partial charge on any atom is -0.349 e. The average Bonchev–Trinajstić information content (AvgIpc) is 2.33. The van der Waals surface area contributed by atoms with Gasteiger partial charge < -0.3 is 10.2 Å². The van der Waals surface area contributed by atoms with Gasteiger partial charge in [0.05, 0.1) is 5.92 Å². The van der Waals surface area contributed by atoms with Crippen LogP contribution in [0.15, 0.2) is 0 Å². The molecule has 1 N–H and O–H groups in total. The van der Waals surface area contributed by atoms with E-state index in [0.717, 1.165) is 13.0 Å². The van der Waals surface area contributed by atoms with Crippen LogP contribution >= 0.6 is 0 Å². The van der Waals surface area contributed by atoms with E-state index in [2.05, 4.69) is 12.2 Å². The predicted molar refractivity (Wildman–Crippen MR) is 44.3 cm³/mol. The number of nitrogens with zero attached hydrogens (tertiary/aromatic N) is 1. The Morgan fingerprint density at radius 1 is 1.55 bits per heavy atom. The molecule has 0 unspecified atom stereocenters. The number of carbonyl (C=O) groups excluding carboxylic acids is 1. The smallest absolute Gasteiger partial charge is 0.226 e. The molecular formula is C8H16N2O. The van der Waals surface area contributed by atoms with Crippen LogP contribution in [0.25, 0.3) is 0 Å². The summed E-state index contributed by atoms with van der Waals surface area (Å²) in [5, 5.41) is 3.26. The van der Waals surface area contributed by atoms with Gasteiger partial charge in [-0.2, -0.15) is 0 Å². The van der Waals surface area contributed by atoms with Crippen molar-refractivity contribution < 1.29 is 4.79 Å². The van der Waals surface area contributed by atoms with E-state index in [1.165, 1.54) is 0 Å². The molecule has 1 saturated heterocycles. The van der Waals surface area contributed by atoms with Crippen molar-refractivity contribution in [1.29, 1.82) is 0 Å². The van der Waals surface area contributed by atoms with Crippen LogP contribution in [-0.2, 0) is 4.79 Å². The van der Waals surface area contributed by atoms with Crippen LogP contribution in [0.5, 0.6) is 0 Å². The molecule has 1 aliphatic heterocycles. The van der Waals surface area contributed by atoms with E-state index >= 15 is 0 Å². The zero-order chi connectivity index (χ0) is 8.43.